The molecule has 8 atom stereocenters. The number of rotatable bonds is 11. The van der Waals surface area contributed by atoms with Gasteiger partial charge in [-0.1, -0.05) is 0 Å². The van der Waals surface area contributed by atoms with E-state index < -0.39 is 77.1 Å². The molecule has 176 valence electrons. The summed E-state index contributed by atoms with van der Waals surface area (Å²) in [5.74, 6) is -13.7. The summed E-state index contributed by atoms with van der Waals surface area (Å²) >= 11 is 0. The molecular formula is C11H9F14KO3S. The first kappa shape index (κ1) is 32.7. The van der Waals surface area contributed by atoms with E-state index in [0.717, 1.165) is 0 Å². The van der Waals surface area contributed by atoms with Crippen molar-refractivity contribution in [2.75, 3.05) is 0 Å². The molecule has 0 aromatic heterocycles. The van der Waals surface area contributed by atoms with E-state index in [1.807, 2.05) is 0 Å². The maximum Gasteiger partial charge on any atom is 1.00 e. The van der Waals surface area contributed by atoms with E-state index >= 15 is 0 Å². The fraction of sp³-hybridized carbons (Fsp3) is 1.00. The van der Waals surface area contributed by atoms with E-state index in [1.54, 1.807) is 0 Å². The van der Waals surface area contributed by atoms with Crippen LogP contribution in [0.2, 0.25) is 0 Å². The number of hydrogen-bond donors (Lipinski definition) is 0. The summed E-state index contributed by atoms with van der Waals surface area (Å²) in [5, 5.41) is 0. The molecular weight excluding hydrogens is 517 g/mol. The molecule has 0 aromatic rings. The molecule has 0 fully saturated rings. The van der Waals surface area contributed by atoms with Crippen LogP contribution >= 0.6 is 0 Å². The summed E-state index contributed by atoms with van der Waals surface area (Å²) in [6.45, 7) is 0. The summed E-state index contributed by atoms with van der Waals surface area (Å²) in [7, 11) is -6.91. The van der Waals surface area contributed by atoms with Gasteiger partial charge in [0.15, 0.2) is 37.0 Å². The predicted octanol–water partition coefficient (Wildman–Crippen LogP) is 0.734. The van der Waals surface area contributed by atoms with Crippen molar-refractivity contribution in [1.82, 2.24) is 0 Å². The van der Waals surface area contributed by atoms with Gasteiger partial charge in [0.2, 0.25) is 6.17 Å². The quantitative estimate of drug-likeness (QED) is 0.227. The topological polar surface area (TPSA) is 57.2 Å². The molecule has 0 radical (unpaired) electrons. The Kier molecular flexibility index (Phi) is 12.7. The van der Waals surface area contributed by atoms with E-state index in [0.29, 0.717) is 0 Å². The average Bonchev–Trinajstić information content (AvgIpc) is 2.61. The van der Waals surface area contributed by atoms with Crippen molar-refractivity contribution in [3.63, 3.8) is 0 Å². The van der Waals surface area contributed by atoms with Gasteiger partial charge in [0.25, 0.3) is 11.9 Å². The fourth-order valence-electron chi connectivity index (χ4n) is 1.72. The standard InChI is InChI=1S/C11H10F14O3S.K/c12-1(2(13)4(15)6(17)8(19)20)3(14)5(16)7(18)10(22,23)11(24,25)9(21)29(26,27)28;/h1-9H,(H,26,27,28);/q;+1/p-1. The Morgan fingerprint density at radius 3 is 1.17 bits per heavy atom. The van der Waals surface area contributed by atoms with E-state index in [2.05, 4.69) is 0 Å². The largest absolute Gasteiger partial charge is 1.00 e. The van der Waals surface area contributed by atoms with Gasteiger partial charge in [-0.05, 0) is 0 Å². The molecule has 0 bridgehead atoms. The van der Waals surface area contributed by atoms with Crippen molar-refractivity contribution < 1.29 is 126 Å². The number of halogens is 14. The van der Waals surface area contributed by atoms with Gasteiger partial charge in [-0.15, -0.1) is 0 Å². The third-order valence-electron chi connectivity index (χ3n) is 3.37. The summed E-state index contributed by atoms with van der Waals surface area (Å²) < 4.78 is 211. The molecule has 0 heterocycles. The molecule has 0 aromatic carbocycles. The molecule has 0 aliphatic rings. The molecule has 8 unspecified atom stereocenters. The minimum absolute atomic E-state index is 0. The monoisotopic (exact) mass is 526 g/mol. The van der Waals surface area contributed by atoms with Crippen molar-refractivity contribution in [3.8, 4) is 0 Å². The van der Waals surface area contributed by atoms with Crippen LogP contribution in [0.3, 0.4) is 0 Å². The van der Waals surface area contributed by atoms with Gasteiger partial charge < -0.3 is 4.55 Å². The smallest absolute Gasteiger partial charge is 0.746 e. The van der Waals surface area contributed by atoms with Crippen LogP contribution in [0.15, 0.2) is 0 Å². The van der Waals surface area contributed by atoms with Crippen LogP contribution < -0.4 is 51.4 Å². The van der Waals surface area contributed by atoms with Crippen LogP contribution in [0.1, 0.15) is 0 Å². The molecule has 3 nitrogen and oxygen atoms in total. The number of alkyl halides is 14. The van der Waals surface area contributed by atoms with E-state index in [-0.39, 0.29) is 51.4 Å². The molecule has 0 N–H and O–H groups in total. The zero-order chi connectivity index (χ0) is 23.7. The van der Waals surface area contributed by atoms with Crippen molar-refractivity contribution in [2.45, 2.75) is 67.0 Å². The SMILES string of the molecule is O=S(=O)([O-])C(F)C(F)(F)C(F)(F)C(F)C(F)C(F)C(F)C(F)C(F)C(F)C(F)F.[K+]. The van der Waals surface area contributed by atoms with Gasteiger partial charge in [0.05, 0.1) is 0 Å². The van der Waals surface area contributed by atoms with Gasteiger partial charge in [0.1, 0.15) is 10.1 Å². The maximum absolute atomic E-state index is 13.3. The summed E-state index contributed by atoms with van der Waals surface area (Å²) in [6, 6.07) is 0. The first-order valence-electron chi connectivity index (χ1n) is 6.83. The zero-order valence-electron chi connectivity index (χ0n) is 14.1. The first-order valence-corrected chi connectivity index (χ1v) is 8.31. The zero-order valence-corrected chi connectivity index (χ0v) is 18.1. The van der Waals surface area contributed by atoms with Crippen LogP contribution in [-0.4, -0.2) is 79.9 Å². The van der Waals surface area contributed by atoms with Gasteiger partial charge in [0, 0.05) is 0 Å². The Bertz CT molecular complexity index is 637. The van der Waals surface area contributed by atoms with Crippen LogP contribution in [0, 0.1) is 0 Å². The molecule has 0 spiro atoms. The molecule has 0 amide bonds. The summed E-state index contributed by atoms with van der Waals surface area (Å²) in [4.78, 5) is 0. The minimum atomic E-state index is -6.91. The first-order chi connectivity index (χ1) is 12.7. The van der Waals surface area contributed by atoms with Gasteiger partial charge in [-0.2, -0.15) is 17.6 Å². The molecule has 0 aliphatic carbocycles. The van der Waals surface area contributed by atoms with Crippen LogP contribution in [0.4, 0.5) is 61.5 Å². The number of hydrogen-bond acceptors (Lipinski definition) is 3. The van der Waals surface area contributed by atoms with Gasteiger partial charge in [-0.25, -0.2) is 52.3 Å². The summed E-state index contributed by atoms with van der Waals surface area (Å²) in [5.41, 5.74) is -5.39. The second-order valence-electron chi connectivity index (χ2n) is 5.46. The Labute approximate surface area is 201 Å². The van der Waals surface area contributed by atoms with E-state index in [9.17, 15) is 74.4 Å². The summed E-state index contributed by atoms with van der Waals surface area (Å²) in [6.07, 6.45) is -36.4. The molecule has 19 heteroatoms. The Morgan fingerprint density at radius 1 is 0.567 bits per heavy atom. The van der Waals surface area contributed by atoms with Crippen molar-refractivity contribution in [1.29, 1.82) is 0 Å². The molecule has 0 saturated carbocycles. The van der Waals surface area contributed by atoms with E-state index in [1.165, 1.54) is 0 Å². The fourth-order valence-corrected chi connectivity index (χ4v) is 2.24. The van der Waals surface area contributed by atoms with Crippen LogP contribution in [0.5, 0.6) is 0 Å². The minimum Gasteiger partial charge on any atom is -0.746 e. The predicted molar refractivity (Wildman–Crippen MR) is 64.8 cm³/mol. The normalized spacial score (nSPS) is 21.7. The second-order valence-corrected chi connectivity index (χ2v) is 6.86. The second kappa shape index (κ2) is 11.6. The third kappa shape index (κ3) is 7.03. The van der Waals surface area contributed by atoms with Crippen molar-refractivity contribution >= 4 is 10.1 Å². The average molecular weight is 526 g/mol. The third-order valence-corrected chi connectivity index (χ3v) is 4.17. The van der Waals surface area contributed by atoms with Gasteiger partial charge in [-0.3, -0.25) is 0 Å². The molecule has 0 aliphatic heterocycles. The van der Waals surface area contributed by atoms with Crippen LogP contribution in [-0.2, 0) is 10.1 Å². The molecule has 0 rings (SSSR count). The van der Waals surface area contributed by atoms with E-state index in [4.69, 9.17) is 0 Å². The Balaban J connectivity index is 0. The molecule has 0 saturated heterocycles. The maximum atomic E-state index is 13.3. The van der Waals surface area contributed by atoms with Crippen LogP contribution in [0.25, 0.3) is 0 Å². The molecule has 30 heavy (non-hydrogen) atoms. The van der Waals surface area contributed by atoms with Crippen molar-refractivity contribution in [3.05, 3.63) is 0 Å². The Morgan fingerprint density at radius 2 is 0.867 bits per heavy atom. The van der Waals surface area contributed by atoms with Crippen molar-refractivity contribution in [2.24, 2.45) is 0 Å². The van der Waals surface area contributed by atoms with Gasteiger partial charge >= 0.3 is 63.2 Å². The Hall–Kier alpha value is 0.566.